The number of amides is 2. The smallest absolute Gasteiger partial charge is 0.251 e. The van der Waals surface area contributed by atoms with E-state index in [-0.39, 0.29) is 23.3 Å². The van der Waals surface area contributed by atoms with Gasteiger partial charge in [0.05, 0.1) is 4.90 Å². The molecule has 0 aliphatic rings. The highest BCUT2D eigenvalue weighted by Gasteiger charge is 2.20. The minimum Gasteiger partial charge on any atom is -0.348 e. The highest BCUT2D eigenvalue weighted by Crippen LogP contribution is 2.18. The largest absolute Gasteiger partial charge is 0.348 e. The third kappa shape index (κ3) is 4.68. The lowest BCUT2D eigenvalue weighted by molar-refractivity contribution is -0.114. The van der Waals surface area contributed by atoms with Gasteiger partial charge < -0.3 is 10.6 Å². The molecule has 0 spiro atoms. The Balaban J connectivity index is 2.17. The number of nitrogens with one attached hydrogen (secondary N) is 2. The number of anilines is 1. The van der Waals surface area contributed by atoms with E-state index in [0.29, 0.717) is 16.8 Å². The van der Waals surface area contributed by atoms with Crippen molar-refractivity contribution < 1.29 is 18.0 Å². The van der Waals surface area contributed by atoms with Crippen LogP contribution >= 0.6 is 0 Å². The Labute approximate surface area is 153 Å². The Morgan fingerprint density at radius 2 is 1.73 bits per heavy atom. The Bertz CT molecular complexity index is 924. The van der Waals surface area contributed by atoms with Gasteiger partial charge in [0, 0.05) is 38.8 Å². The molecule has 0 heterocycles. The Morgan fingerprint density at radius 3 is 2.38 bits per heavy atom. The molecule has 0 aromatic heterocycles. The first-order valence-electron chi connectivity index (χ1n) is 7.88. The second-order valence-corrected chi connectivity index (χ2v) is 7.96. The minimum atomic E-state index is -3.61. The first-order chi connectivity index (χ1) is 12.2. The van der Waals surface area contributed by atoms with Crippen molar-refractivity contribution in [2.24, 2.45) is 0 Å². The highest BCUT2D eigenvalue weighted by atomic mass is 32.2. The molecule has 2 N–H and O–H groups in total. The molecule has 0 fully saturated rings. The van der Waals surface area contributed by atoms with Gasteiger partial charge in [-0.1, -0.05) is 24.3 Å². The number of sulfonamides is 1. The van der Waals surface area contributed by atoms with Crippen LogP contribution < -0.4 is 10.6 Å². The normalized spacial score (nSPS) is 11.2. The third-order valence-electron chi connectivity index (χ3n) is 3.62. The molecule has 0 atom stereocenters. The zero-order valence-electron chi connectivity index (χ0n) is 14.8. The number of nitrogens with zero attached hydrogens (tertiary/aromatic N) is 1. The highest BCUT2D eigenvalue weighted by molar-refractivity contribution is 7.89. The van der Waals surface area contributed by atoms with Gasteiger partial charge in [0.1, 0.15) is 0 Å². The van der Waals surface area contributed by atoms with Gasteiger partial charge in [0.15, 0.2) is 0 Å². The van der Waals surface area contributed by atoms with Gasteiger partial charge in [0.25, 0.3) is 5.91 Å². The van der Waals surface area contributed by atoms with Crippen LogP contribution in [0.25, 0.3) is 0 Å². The fourth-order valence-corrected chi connectivity index (χ4v) is 3.43. The van der Waals surface area contributed by atoms with Crippen LogP contribution in [0.2, 0.25) is 0 Å². The molecule has 0 bridgehead atoms. The van der Waals surface area contributed by atoms with Gasteiger partial charge >= 0.3 is 0 Å². The summed E-state index contributed by atoms with van der Waals surface area (Å²) in [4.78, 5) is 23.6. The van der Waals surface area contributed by atoms with Gasteiger partial charge in [-0.3, -0.25) is 9.59 Å². The van der Waals surface area contributed by atoms with E-state index < -0.39 is 10.0 Å². The lowest BCUT2D eigenvalue weighted by atomic mass is 10.1. The summed E-state index contributed by atoms with van der Waals surface area (Å²) in [6.45, 7) is 1.45. The molecule has 8 heteroatoms. The van der Waals surface area contributed by atoms with E-state index in [2.05, 4.69) is 10.6 Å². The maximum absolute atomic E-state index is 12.4. The fraction of sp³-hybridized carbons (Fsp3) is 0.222. The van der Waals surface area contributed by atoms with E-state index in [1.807, 2.05) is 0 Å². The van der Waals surface area contributed by atoms with Crippen molar-refractivity contribution >= 4 is 27.5 Å². The van der Waals surface area contributed by atoms with Gasteiger partial charge in [0.2, 0.25) is 15.9 Å². The van der Waals surface area contributed by atoms with Crippen LogP contribution in [-0.2, 0) is 21.4 Å². The van der Waals surface area contributed by atoms with Crippen molar-refractivity contribution in [3.63, 3.8) is 0 Å². The van der Waals surface area contributed by atoms with Gasteiger partial charge in [-0.15, -0.1) is 0 Å². The maximum atomic E-state index is 12.4. The van der Waals surface area contributed by atoms with Crippen LogP contribution in [0.15, 0.2) is 53.4 Å². The molecular weight excluding hydrogens is 354 g/mol. The summed E-state index contributed by atoms with van der Waals surface area (Å²) in [5.41, 5.74) is 1.37. The Kier molecular flexibility index (Phi) is 6.12. The number of hydrogen-bond donors (Lipinski definition) is 2. The molecule has 0 radical (unpaired) electrons. The van der Waals surface area contributed by atoms with E-state index in [4.69, 9.17) is 0 Å². The summed E-state index contributed by atoms with van der Waals surface area (Å²) in [5, 5.41) is 5.32. The quantitative estimate of drug-likeness (QED) is 0.805. The predicted molar refractivity (Wildman–Crippen MR) is 99.2 cm³/mol. The van der Waals surface area contributed by atoms with E-state index in [0.717, 1.165) is 4.31 Å². The monoisotopic (exact) mass is 375 g/mol. The predicted octanol–water partition coefficient (Wildman–Crippen LogP) is 1.83. The van der Waals surface area contributed by atoms with Gasteiger partial charge in [-0.25, -0.2) is 12.7 Å². The molecule has 0 aliphatic carbocycles. The van der Waals surface area contributed by atoms with Crippen LogP contribution in [0.1, 0.15) is 22.8 Å². The number of carbonyl (C=O) groups is 2. The maximum Gasteiger partial charge on any atom is 0.251 e. The molecule has 0 saturated heterocycles. The van der Waals surface area contributed by atoms with E-state index in [1.165, 1.54) is 27.1 Å². The molecule has 2 aromatic rings. The van der Waals surface area contributed by atoms with Crippen LogP contribution in [0.4, 0.5) is 5.69 Å². The van der Waals surface area contributed by atoms with Crippen molar-refractivity contribution in [2.75, 3.05) is 19.4 Å². The first kappa shape index (κ1) is 19.6. The fourth-order valence-electron chi connectivity index (χ4n) is 2.32. The third-order valence-corrected chi connectivity index (χ3v) is 5.53. The molecule has 7 nitrogen and oxygen atoms in total. The number of carbonyl (C=O) groups excluding carboxylic acids is 2. The SMILES string of the molecule is CC(=O)Nc1cccc(C(=O)NCc2ccccc2S(=O)(=O)N(C)C)c1. The summed E-state index contributed by atoms with van der Waals surface area (Å²) in [6, 6.07) is 13.0. The molecule has 138 valence electrons. The van der Waals surface area contributed by atoms with Crippen molar-refractivity contribution in [1.82, 2.24) is 9.62 Å². The molecular formula is C18H21N3O4S. The van der Waals surface area contributed by atoms with Crippen LogP contribution in [0, 0.1) is 0 Å². The van der Waals surface area contributed by atoms with E-state index in [9.17, 15) is 18.0 Å². The number of benzene rings is 2. The molecule has 2 aromatic carbocycles. The molecule has 0 aliphatic heterocycles. The van der Waals surface area contributed by atoms with Crippen molar-refractivity contribution in [3.8, 4) is 0 Å². The zero-order chi connectivity index (χ0) is 19.3. The first-order valence-corrected chi connectivity index (χ1v) is 9.32. The summed E-state index contributed by atoms with van der Waals surface area (Å²) >= 11 is 0. The van der Waals surface area contributed by atoms with Crippen molar-refractivity contribution in [1.29, 1.82) is 0 Å². The number of rotatable bonds is 6. The average molecular weight is 375 g/mol. The van der Waals surface area contributed by atoms with Crippen LogP contribution in [-0.4, -0.2) is 38.6 Å². The second kappa shape index (κ2) is 8.11. The zero-order valence-corrected chi connectivity index (χ0v) is 15.6. The van der Waals surface area contributed by atoms with Gasteiger partial charge in [-0.2, -0.15) is 0 Å². The van der Waals surface area contributed by atoms with Crippen LogP contribution in [0.3, 0.4) is 0 Å². The lowest BCUT2D eigenvalue weighted by Crippen LogP contribution is -2.27. The summed E-state index contributed by atoms with van der Waals surface area (Å²) in [6.07, 6.45) is 0. The molecule has 0 saturated carbocycles. The average Bonchev–Trinajstić information content (AvgIpc) is 2.59. The molecule has 0 unspecified atom stereocenters. The topological polar surface area (TPSA) is 95.6 Å². The van der Waals surface area contributed by atoms with E-state index in [1.54, 1.807) is 42.5 Å². The van der Waals surface area contributed by atoms with E-state index >= 15 is 0 Å². The molecule has 2 amide bonds. The van der Waals surface area contributed by atoms with Gasteiger partial charge in [-0.05, 0) is 29.8 Å². The summed E-state index contributed by atoms with van der Waals surface area (Å²) in [5.74, 6) is -0.598. The van der Waals surface area contributed by atoms with Crippen LogP contribution in [0.5, 0.6) is 0 Å². The summed E-state index contributed by atoms with van der Waals surface area (Å²) in [7, 11) is -0.693. The lowest BCUT2D eigenvalue weighted by Gasteiger charge is -2.15. The molecule has 2 rings (SSSR count). The minimum absolute atomic E-state index is 0.0619. The second-order valence-electron chi connectivity index (χ2n) is 5.84. The Morgan fingerprint density at radius 1 is 1.04 bits per heavy atom. The van der Waals surface area contributed by atoms with Crippen molar-refractivity contribution in [2.45, 2.75) is 18.4 Å². The summed E-state index contributed by atoms with van der Waals surface area (Å²) < 4.78 is 25.9. The standard InChI is InChI=1S/C18H21N3O4S/c1-13(22)20-16-9-6-8-14(11-16)18(23)19-12-15-7-4-5-10-17(15)26(24,25)21(2)3/h4-11H,12H2,1-3H3,(H,19,23)(H,20,22). The van der Waals surface area contributed by atoms with Crippen molar-refractivity contribution in [3.05, 3.63) is 59.7 Å². The molecule has 26 heavy (non-hydrogen) atoms. The Hall–Kier alpha value is -2.71. The number of hydrogen-bond acceptors (Lipinski definition) is 4.